The van der Waals surface area contributed by atoms with Crippen molar-refractivity contribution in [3.05, 3.63) is 0 Å². The van der Waals surface area contributed by atoms with Crippen LogP contribution in [0.3, 0.4) is 0 Å². The van der Waals surface area contributed by atoms with Gasteiger partial charge in [-0.3, -0.25) is 0 Å². The molecule has 0 bridgehead atoms. The maximum absolute atomic E-state index is 5.03. The van der Waals surface area contributed by atoms with E-state index in [-0.39, 0.29) is 0 Å². The number of halogens is 4. The van der Waals surface area contributed by atoms with Gasteiger partial charge in [0.2, 0.25) is 0 Å². The second-order valence-electron chi connectivity index (χ2n) is 0.383. The predicted molar refractivity (Wildman–Crippen MR) is 29.2 cm³/mol. The van der Waals surface area contributed by atoms with E-state index in [1.165, 1.54) is 0 Å². The molecule has 0 nitrogen and oxygen atoms in total. The summed E-state index contributed by atoms with van der Waals surface area (Å²) in [6.45, 7) is 0. The third-order valence-electron chi connectivity index (χ3n) is 0. The van der Waals surface area contributed by atoms with E-state index in [1.807, 2.05) is 0 Å². The Morgan fingerprint density at radius 1 is 0.800 bits per heavy atom. The van der Waals surface area contributed by atoms with E-state index in [2.05, 4.69) is 0 Å². The van der Waals surface area contributed by atoms with Crippen molar-refractivity contribution in [1.29, 1.82) is 0 Å². The van der Waals surface area contributed by atoms with Crippen LogP contribution in [0.2, 0.25) is 0 Å². The molecule has 0 heterocycles. The average molecular weight is 264 g/mol. The van der Waals surface area contributed by atoms with Gasteiger partial charge in [0.1, 0.15) is 0 Å². The minimum absolute atomic E-state index is 3.21. The van der Waals surface area contributed by atoms with Gasteiger partial charge in [-0.25, -0.2) is 0 Å². The van der Waals surface area contributed by atoms with Gasteiger partial charge in [0.05, 0.1) is 0 Å². The van der Waals surface area contributed by atoms with Gasteiger partial charge >= 0.3 is 49.6 Å². The average Bonchev–Trinajstić information content (AvgIpc) is 0.722. The van der Waals surface area contributed by atoms with E-state index in [0.29, 0.717) is 0 Å². The monoisotopic (exact) mass is 261 g/mol. The van der Waals surface area contributed by atoms with E-state index in [9.17, 15) is 0 Å². The zero-order valence-electron chi connectivity index (χ0n) is 1.96. The first-order valence-electron chi connectivity index (χ1n) is 0.676. The first-order valence-corrected chi connectivity index (χ1v) is 13.6. The quantitative estimate of drug-likeness (QED) is 0.589. The summed E-state index contributed by atoms with van der Waals surface area (Å²) in [6, 6.07) is 0. The predicted octanol–water partition coefficient (Wildman–Crippen LogP) is 2.38. The molecule has 0 spiro atoms. The molecule has 5 heavy (non-hydrogen) atoms. The number of rotatable bonds is 0. The second-order valence-corrected chi connectivity index (χ2v) is 23.1. The Hall–Kier alpha value is 1.98. The fourth-order valence-corrected chi connectivity index (χ4v) is 0. The minimum atomic E-state index is -3.21. The van der Waals surface area contributed by atoms with Crippen LogP contribution in [0.5, 0.6) is 0 Å². The van der Waals surface area contributed by atoms with Gasteiger partial charge in [-0.15, -0.1) is 0 Å². The molecule has 0 saturated heterocycles. The van der Waals surface area contributed by atoms with E-state index < -0.39 is 14.2 Å². The van der Waals surface area contributed by atoms with Crippen LogP contribution >= 0.6 is 35.3 Å². The SMILES string of the molecule is [Cl][Sb+]([Cl])([Cl])[Cl]. The Labute approximate surface area is 49.0 Å². The van der Waals surface area contributed by atoms with Crippen molar-refractivity contribution in [2.45, 2.75) is 0 Å². The molecule has 0 aliphatic carbocycles. The number of hydrogen-bond acceptors (Lipinski definition) is 0. The van der Waals surface area contributed by atoms with Gasteiger partial charge < -0.3 is 0 Å². The Morgan fingerprint density at radius 3 is 0.800 bits per heavy atom. The van der Waals surface area contributed by atoms with E-state index >= 15 is 0 Å². The molecule has 0 aromatic carbocycles. The molecule has 0 aliphatic rings. The van der Waals surface area contributed by atoms with Crippen molar-refractivity contribution < 1.29 is 0 Å². The Balaban J connectivity index is 3.02. The summed E-state index contributed by atoms with van der Waals surface area (Å²) in [6.07, 6.45) is 0. The summed E-state index contributed by atoms with van der Waals surface area (Å²) in [4.78, 5) is 0. The molecule has 0 amide bonds. The first-order chi connectivity index (χ1) is 2.00. The van der Waals surface area contributed by atoms with Crippen LogP contribution in [0.15, 0.2) is 0 Å². The summed E-state index contributed by atoms with van der Waals surface area (Å²) in [5, 5.41) is 0. The fourth-order valence-electron chi connectivity index (χ4n) is 0. The van der Waals surface area contributed by atoms with Crippen LogP contribution < -0.4 is 0 Å². The molecule has 0 rings (SSSR count). The van der Waals surface area contributed by atoms with Gasteiger partial charge in [-0.2, -0.15) is 0 Å². The first kappa shape index (κ1) is 6.98. The standard InChI is InChI=1S/4ClH.Sb/h4*1H;/q;;;;+5/p-4. The van der Waals surface area contributed by atoms with Crippen LogP contribution in [0.25, 0.3) is 0 Å². The van der Waals surface area contributed by atoms with Crippen molar-refractivity contribution in [3.8, 4) is 0 Å². The molecule has 0 saturated carbocycles. The van der Waals surface area contributed by atoms with E-state index in [4.69, 9.17) is 35.3 Å². The van der Waals surface area contributed by atoms with Crippen molar-refractivity contribution in [2.75, 3.05) is 0 Å². The number of hydrogen-bond donors (Lipinski definition) is 0. The fraction of sp³-hybridized carbons (Fsp3) is 0. The van der Waals surface area contributed by atoms with Gasteiger partial charge in [0, 0.05) is 0 Å². The topological polar surface area (TPSA) is 0 Å². The Kier molecular flexibility index (Phi) is 3.25. The summed E-state index contributed by atoms with van der Waals surface area (Å²) >= 11 is -3.21. The summed E-state index contributed by atoms with van der Waals surface area (Å²) in [5.74, 6) is 0. The molecule has 0 fully saturated rings. The Morgan fingerprint density at radius 2 is 0.800 bits per heavy atom. The normalized spacial score (nSPS) is 12.0. The van der Waals surface area contributed by atoms with Gasteiger partial charge in [0.25, 0.3) is 0 Å². The zero-order chi connectivity index (χ0) is 4.50. The molecular formula is Cl4Sb+. The summed E-state index contributed by atoms with van der Waals surface area (Å²) in [7, 11) is 20.1. The zero-order valence-corrected chi connectivity index (χ0v) is 7.54. The Bertz CT molecular complexity index is 19.1. The van der Waals surface area contributed by atoms with Gasteiger partial charge in [-0.1, -0.05) is 0 Å². The van der Waals surface area contributed by atoms with Crippen molar-refractivity contribution in [3.63, 3.8) is 0 Å². The van der Waals surface area contributed by atoms with Crippen LogP contribution in [0.4, 0.5) is 0 Å². The van der Waals surface area contributed by atoms with Crippen LogP contribution in [0.1, 0.15) is 0 Å². The third kappa shape index (κ3) is 24.2. The van der Waals surface area contributed by atoms with Gasteiger partial charge in [-0.05, 0) is 0 Å². The molecule has 5 heteroatoms. The summed E-state index contributed by atoms with van der Waals surface area (Å²) < 4.78 is 0. The van der Waals surface area contributed by atoms with Crippen LogP contribution in [0, 0.1) is 0 Å². The molecule has 0 aromatic heterocycles. The second kappa shape index (κ2) is 2.33. The molecule has 0 atom stereocenters. The molecule has 32 valence electrons. The van der Waals surface area contributed by atoms with E-state index in [1.54, 1.807) is 0 Å². The third-order valence-corrected chi connectivity index (χ3v) is 0. The van der Waals surface area contributed by atoms with Gasteiger partial charge in [0.15, 0.2) is 0 Å². The van der Waals surface area contributed by atoms with Crippen LogP contribution in [-0.2, 0) is 0 Å². The molecule has 0 unspecified atom stereocenters. The molecule has 0 N–H and O–H groups in total. The maximum atomic E-state index is 5.03. The van der Waals surface area contributed by atoms with Crippen molar-refractivity contribution in [1.82, 2.24) is 0 Å². The molecular weight excluding hydrogens is 264 g/mol. The molecule has 0 radical (unpaired) electrons. The van der Waals surface area contributed by atoms with Crippen molar-refractivity contribution in [2.24, 2.45) is 0 Å². The summed E-state index contributed by atoms with van der Waals surface area (Å²) in [5.41, 5.74) is 0. The molecule has 0 aromatic rings. The van der Waals surface area contributed by atoms with Crippen LogP contribution in [-0.4, -0.2) is 14.2 Å². The molecule has 0 aliphatic heterocycles. The van der Waals surface area contributed by atoms with E-state index in [0.717, 1.165) is 0 Å². The van der Waals surface area contributed by atoms with Crippen molar-refractivity contribution >= 4 is 49.6 Å².